The zero-order valence-electron chi connectivity index (χ0n) is 18.6. The van der Waals surface area contributed by atoms with Gasteiger partial charge in [-0.2, -0.15) is 0 Å². The van der Waals surface area contributed by atoms with Crippen molar-refractivity contribution in [2.45, 2.75) is 45.4 Å². The van der Waals surface area contributed by atoms with E-state index in [-0.39, 0.29) is 12.0 Å². The standard InChI is InChI=1S/C24H32ClN5O/c1-16(2)26-13-21(19-5-7-20(25)8-6-19)17(3)29-9-11-30(12-10-29)24-23-18(4)31-14-22(23)27-15-28-24/h5-8,15-16,18,21,26H,3,9-14H2,1-2,4H3/t18-,21-/m1/s1. The lowest BCUT2D eigenvalue weighted by Crippen LogP contribution is -2.47. The van der Waals surface area contributed by atoms with E-state index in [4.69, 9.17) is 16.3 Å². The van der Waals surface area contributed by atoms with Gasteiger partial charge in [0.05, 0.1) is 18.4 Å². The molecule has 0 aliphatic carbocycles. The highest BCUT2D eigenvalue weighted by Crippen LogP contribution is 2.36. The molecule has 6 nitrogen and oxygen atoms in total. The van der Waals surface area contributed by atoms with Gasteiger partial charge in [-0.05, 0) is 24.6 Å². The SMILES string of the molecule is C=C([C@@H](CNC(C)C)c1ccc(Cl)cc1)N1CCN(c2ncnc3c2[C@@H](C)OC3)CC1. The molecule has 166 valence electrons. The molecule has 1 aromatic heterocycles. The number of rotatable bonds is 7. The van der Waals surface area contributed by atoms with Crippen LogP contribution in [0.25, 0.3) is 0 Å². The lowest BCUT2D eigenvalue weighted by atomic mass is 9.94. The molecule has 1 fully saturated rings. The maximum absolute atomic E-state index is 6.12. The summed E-state index contributed by atoms with van der Waals surface area (Å²) >= 11 is 6.12. The topological polar surface area (TPSA) is 53.5 Å². The minimum absolute atomic E-state index is 0.0515. The second-order valence-electron chi connectivity index (χ2n) is 8.64. The first-order valence-electron chi connectivity index (χ1n) is 11.1. The van der Waals surface area contributed by atoms with E-state index in [2.05, 4.69) is 64.6 Å². The van der Waals surface area contributed by atoms with Crippen LogP contribution in [0.1, 0.15) is 49.6 Å². The molecule has 1 aromatic carbocycles. The van der Waals surface area contributed by atoms with E-state index in [1.54, 1.807) is 6.33 Å². The maximum Gasteiger partial charge on any atom is 0.138 e. The predicted octanol–water partition coefficient (Wildman–Crippen LogP) is 4.14. The Balaban J connectivity index is 1.46. The summed E-state index contributed by atoms with van der Waals surface area (Å²) in [7, 11) is 0. The largest absolute Gasteiger partial charge is 0.371 e. The lowest BCUT2D eigenvalue weighted by molar-refractivity contribution is 0.0787. The van der Waals surface area contributed by atoms with Gasteiger partial charge in [0.15, 0.2) is 0 Å². The molecule has 2 aromatic rings. The average molecular weight is 442 g/mol. The lowest BCUT2D eigenvalue weighted by Gasteiger charge is -2.40. The van der Waals surface area contributed by atoms with Crippen molar-refractivity contribution in [1.82, 2.24) is 20.2 Å². The second-order valence-corrected chi connectivity index (χ2v) is 9.08. The third-order valence-corrected chi connectivity index (χ3v) is 6.46. The first-order valence-corrected chi connectivity index (χ1v) is 11.4. The van der Waals surface area contributed by atoms with Crippen molar-refractivity contribution >= 4 is 17.4 Å². The van der Waals surface area contributed by atoms with E-state index in [0.29, 0.717) is 12.6 Å². The van der Waals surface area contributed by atoms with E-state index in [1.807, 2.05) is 12.1 Å². The molecular weight excluding hydrogens is 410 g/mol. The molecule has 0 spiro atoms. The number of hydrogen-bond donors (Lipinski definition) is 1. The van der Waals surface area contributed by atoms with Crippen molar-refractivity contribution in [2.75, 3.05) is 37.6 Å². The van der Waals surface area contributed by atoms with Crippen molar-refractivity contribution in [2.24, 2.45) is 0 Å². The third kappa shape index (κ3) is 4.86. The number of piperazine rings is 1. The molecular formula is C24H32ClN5O. The second kappa shape index (κ2) is 9.55. The summed E-state index contributed by atoms with van der Waals surface area (Å²) < 4.78 is 5.78. The van der Waals surface area contributed by atoms with E-state index >= 15 is 0 Å². The molecule has 0 radical (unpaired) electrons. The first-order chi connectivity index (χ1) is 14.9. The Morgan fingerprint density at radius 1 is 1.19 bits per heavy atom. The van der Waals surface area contributed by atoms with Crippen LogP contribution < -0.4 is 10.2 Å². The Labute approximate surface area is 190 Å². The number of halogens is 1. The maximum atomic E-state index is 6.12. The third-order valence-electron chi connectivity index (χ3n) is 6.21. The van der Waals surface area contributed by atoms with Crippen molar-refractivity contribution in [3.05, 3.63) is 64.7 Å². The smallest absolute Gasteiger partial charge is 0.138 e. The monoisotopic (exact) mass is 441 g/mol. The number of benzene rings is 1. The minimum atomic E-state index is 0.0515. The molecule has 2 atom stereocenters. The number of anilines is 1. The van der Waals surface area contributed by atoms with Crippen molar-refractivity contribution < 1.29 is 4.74 Å². The van der Waals surface area contributed by atoms with Gasteiger partial charge < -0.3 is 19.9 Å². The molecule has 2 aliphatic heterocycles. The van der Waals surface area contributed by atoms with Crippen LogP contribution in [0.3, 0.4) is 0 Å². The Bertz CT molecular complexity index is 909. The number of hydrogen-bond acceptors (Lipinski definition) is 6. The van der Waals surface area contributed by atoms with Crippen molar-refractivity contribution in [1.29, 1.82) is 0 Å². The number of nitrogens with zero attached hydrogens (tertiary/aromatic N) is 4. The van der Waals surface area contributed by atoms with Crippen LogP contribution in [0, 0.1) is 0 Å². The highest BCUT2D eigenvalue weighted by atomic mass is 35.5. The summed E-state index contributed by atoms with van der Waals surface area (Å²) in [6.45, 7) is 16.0. The summed E-state index contributed by atoms with van der Waals surface area (Å²) in [5, 5.41) is 4.34. The normalized spacial score (nSPS) is 19.6. The number of ether oxygens (including phenoxy) is 1. The fourth-order valence-electron chi connectivity index (χ4n) is 4.39. The summed E-state index contributed by atoms with van der Waals surface area (Å²) in [5.74, 6) is 1.24. The van der Waals surface area contributed by atoms with Crippen LogP contribution in [0.2, 0.25) is 5.02 Å². The number of fused-ring (bicyclic) bond motifs is 1. The van der Waals surface area contributed by atoms with Gasteiger partial charge in [-0.15, -0.1) is 0 Å². The van der Waals surface area contributed by atoms with Gasteiger partial charge in [-0.25, -0.2) is 9.97 Å². The molecule has 4 rings (SSSR count). The quantitative estimate of drug-likeness (QED) is 0.696. The fourth-order valence-corrected chi connectivity index (χ4v) is 4.52. The van der Waals surface area contributed by atoms with Crippen LogP contribution in [-0.4, -0.2) is 53.6 Å². The zero-order chi connectivity index (χ0) is 22.0. The highest BCUT2D eigenvalue weighted by molar-refractivity contribution is 6.30. The van der Waals surface area contributed by atoms with Crippen molar-refractivity contribution in [3.63, 3.8) is 0 Å². The van der Waals surface area contributed by atoms with Gasteiger partial charge in [0.25, 0.3) is 0 Å². The summed E-state index contributed by atoms with van der Waals surface area (Å²) in [4.78, 5) is 13.8. The van der Waals surface area contributed by atoms with E-state index in [1.165, 1.54) is 5.56 Å². The molecule has 1 saturated heterocycles. The molecule has 0 unspecified atom stereocenters. The number of nitrogens with one attached hydrogen (secondary N) is 1. The van der Waals surface area contributed by atoms with Crippen molar-refractivity contribution in [3.8, 4) is 0 Å². The average Bonchev–Trinajstić information content (AvgIpc) is 3.16. The van der Waals surface area contributed by atoms with Gasteiger partial charge in [-0.3, -0.25) is 0 Å². The summed E-state index contributed by atoms with van der Waals surface area (Å²) in [6.07, 6.45) is 1.71. The van der Waals surface area contributed by atoms with E-state index < -0.39 is 0 Å². The highest BCUT2D eigenvalue weighted by Gasteiger charge is 2.30. The van der Waals surface area contributed by atoms with Crippen LogP contribution in [0.4, 0.5) is 5.82 Å². The van der Waals surface area contributed by atoms with Gasteiger partial charge in [-0.1, -0.05) is 44.2 Å². The van der Waals surface area contributed by atoms with Crippen LogP contribution >= 0.6 is 11.6 Å². The molecule has 0 amide bonds. The van der Waals surface area contributed by atoms with Gasteiger partial charge >= 0.3 is 0 Å². The van der Waals surface area contributed by atoms with Gasteiger partial charge in [0.1, 0.15) is 12.1 Å². The number of aromatic nitrogens is 2. The molecule has 7 heteroatoms. The zero-order valence-corrected chi connectivity index (χ0v) is 19.4. The Morgan fingerprint density at radius 3 is 2.58 bits per heavy atom. The molecule has 1 N–H and O–H groups in total. The summed E-state index contributed by atoms with van der Waals surface area (Å²) in [6, 6.07) is 8.57. The van der Waals surface area contributed by atoms with E-state index in [0.717, 1.165) is 60.5 Å². The Morgan fingerprint density at radius 2 is 1.90 bits per heavy atom. The minimum Gasteiger partial charge on any atom is -0.371 e. The molecule has 0 saturated carbocycles. The fraction of sp³-hybridized carbons (Fsp3) is 0.500. The van der Waals surface area contributed by atoms with E-state index in [9.17, 15) is 0 Å². The van der Waals surface area contributed by atoms with Gasteiger partial charge in [0, 0.05) is 61.0 Å². The molecule has 2 aliphatic rings. The predicted molar refractivity (Wildman–Crippen MR) is 125 cm³/mol. The molecule has 0 bridgehead atoms. The van der Waals surface area contributed by atoms with Gasteiger partial charge in [0.2, 0.25) is 0 Å². The Hall–Kier alpha value is -2.15. The summed E-state index contributed by atoms with van der Waals surface area (Å²) in [5.41, 5.74) is 4.56. The molecule has 31 heavy (non-hydrogen) atoms. The Kier molecular flexibility index (Phi) is 6.80. The first kappa shape index (κ1) is 22.1. The van der Waals surface area contributed by atoms with Crippen LogP contribution in [-0.2, 0) is 11.3 Å². The molecule has 3 heterocycles. The van der Waals surface area contributed by atoms with Crippen LogP contribution in [0.15, 0.2) is 42.9 Å². The van der Waals surface area contributed by atoms with Crippen LogP contribution in [0.5, 0.6) is 0 Å².